The van der Waals surface area contributed by atoms with Crippen LogP contribution in [-0.4, -0.2) is 49.5 Å². The first-order valence-corrected chi connectivity index (χ1v) is 9.95. The van der Waals surface area contributed by atoms with E-state index in [-0.39, 0.29) is 11.9 Å². The lowest BCUT2D eigenvalue weighted by Crippen LogP contribution is -3.15. The molecule has 2 aromatic heterocycles. The molecule has 0 aliphatic carbocycles. The minimum atomic E-state index is 0.0371. The molecule has 0 saturated carbocycles. The van der Waals surface area contributed by atoms with Crippen molar-refractivity contribution in [2.75, 3.05) is 32.8 Å². The standard InChI is InChI=1S/C17H19N3O2S2/c21-17(12-19-5-7-22-8-6-19)20-14(16-4-2-10-24-16)11-13(18-20)15-3-1-9-23-15/h1-4,9-10,14H,5-8,11-12H2/p+1/t14-/m0/s1. The van der Waals surface area contributed by atoms with Gasteiger partial charge in [0, 0.05) is 11.3 Å². The molecule has 0 spiro atoms. The quantitative estimate of drug-likeness (QED) is 0.894. The van der Waals surface area contributed by atoms with Crippen molar-refractivity contribution in [3.8, 4) is 0 Å². The van der Waals surface area contributed by atoms with Gasteiger partial charge >= 0.3 is 0 Å². The number of hydrogen-bond acceptors (Lipinski definition) is 5. The average Bonchev–Trinajstić information content (AvgIpc) is 3.35. The number of amides is 1. The van der Waals surface area contributed by atoms with E-state index >= 15 is 0 Å². The van der Waals surface area contributed by atoms with Gasteiger partial charge in [-0.2, -0.15) is 5.10 Å². The van der Waals surface area contributed by atoms with Gasteiger partial charge in [-0.05, 0) is 22.9 Å². The van der Waals surface area contributed by atoms with Crippen LogP contribution in [0.15, 0.2) is 40.1 Å². The maximum absolute atomic E-state index is 12.9. The highest BCUT2D eigenvalue weighted by atomic mass is 32.1. The number of thiophene rings is 2. The van der Waals surface area contributed by atoms with Crippen LogP contribution in [0.1, 0.15) is 22.2 Å². The fourth-order valence-electron chi connectivity index (χ4n) is 3.17. The highest BCUT2D eigenvalue weighted by Crippen LogP contribution is 2.35. The fourth-order valence-corrected chi connectivity index (χ4v) is 4.70. The molecule has 0 aromatic carbocycles. The molecular weight excluding hydrogens is 342 g/mol. The molecule has 1 saturated heterocycles. The van der Waals surface area contributed by atoms with Crippen molar-refractivity contribution in [2.24, 2.45) is 5.10 Å². The number of morpholine rings is 1. The predicted octanol–water partition coefficient (Wildman–Crippen LogP) is 1.40. The molecule has 7 heteroatoms. The Morgan fingerprint density at radius 2 is 2.04 bits per heavy atom. The summed E-state index contributed by atoms with van der Waals surface area (Å²) in [7, 11) is 0. The highest BCUT2D eigenvalue weighted by molar-refractivity contribution is 7.12. The molecule has 0 unspecified atom stereocenters. The molecule has 1 atom stereocenters. The van der Waals surface area contributed by atoms with E-state index in [1.54, 1.807) is 27.7 Å². The lowest BCUT2D eigenvalue weighted by molar-refractivity contribution is -0.900. The first-order chi connectivity index (χ1) is 11.8. The van der Waals surface area contributed by atoms with Crippen LogP contribution in [-0.2, 0) is 9.53 Å². The molecule has 1 fully saturated rings. The molecule has 4 heterocycles. The van der Waals surface area contributed by atoms with Gasteiger partial charge in [0.2, 0.25) is 0 Å². The Balaban J connectivity index is 1.55. The summed E-state index contributed by atoms with van der Waals surface area (Å²) in [6.45, 7) is 3.75. The predicted molar refractivity (Wildman–Crippen MR) is 95.8 cm³/mol. The average molecular weight is 363 g/mol. The van der Waals surface area contributed by atoms with E-state index in [4.69, 9.17) is 9.84 Å². The summed E-state index contributed by atoms with van der Waals surface area (Å²) in [6, 6.07) is 8.29. The third-order valence-electron chi connectivity index (χ3n) is 4.44. The summed E-state index contributed by atoms with van der Waals surface area (Å²) in [5.41, 5.74) is 1.02. The summed E-state index contributed by atoms with van der Waals surface area (Å²) >= 11 is 3.38. The molecule has 4 rings (SSSR count). The van der Waals surface area contributed by atoms with Gasteiger partial charge in [0.25, 0.3) is 5.91 Å². The van der Waals surface area contributed by atoms with Crippen LogP contribution < -0.4 is 4.90 Å². The molecule has 2 aromatic rings. The number of carbonyl (C=O) groups excluding carboxylic acids is 1. The lowest BCUT2D eigenvalue weighted by atomic mass is 10.1. The largest absolute Gasteiger partial charge is 0.370 e. The van der Waals surface area contributed by atoms with Gasteiger partial charge in [-0.15, -0.1) is 22.7 Å². The Kier molecular flexibility index (Phi) is 4.75. The van der Waals surface area contributed by atoms with Crippen molar-refractivity contribution in [2.45, 2.75) is 12.5 Å². The monoisotopic (exact) mass is 362 g/mol. The molecule has 0 radical (unpaired) electrons. The van der Waals surface area contributed by atoms with Crippen molar-refractivity contribution in [1.29, 1.82) is 0 Å². The second kappa shape index (κ2) is 7.14. The lowest BCUT2D eigenvalue weighted by Gasteiger charge is -2.26. The number of rotatable bonds is 4. The summed E-state index contributed by atoms with van der Waals surface area (Å²) < 4.78 is 5.38. The molecule has 24 heavy (non-hydrogen) atoms. The van der Waals surface area contributed by atoms with Crippen molar-refractivity contribution in [3.63, 3.8) is 0 Å². The number of hydrogen-bond donors (Lipinski definition) is 1. The number of ether oxygens (including phenoxy) is 1. The van der Waals surface area contributed by atoms with Gasteiger partial charge in [0.15, 0.2) is 6.54 Å². The number of nitrogens with one attached hydrogen (secondary N) is 1. The van der Waals surface area contributed by atoms with E-state index in [0.29, 0.717) is 6.54 Å². The zero-order chi connectivity index (χ0) is 16.4. The second-order valence-electron chi connectivity index (χ2n) is 6.04. The van der Waals surface area contributed by atoms with Gasteiger partial charge in [0.05, 0.1) is 29.8 Å². The highest BCUT2D eigenvalue weighted by Gasteiger charge is 2.35. The number of quaternary nitrogens is 1. The van der Waals surface area contributed by atoms with Gasteiger partial charge < -0.3 is 9.64 Å². The molecule has 5 nitrogen and oxygen atoms in total. The van der Waals surface area contributed by atoms with Crippen LogP contribution in [0.5, 0.6) is 0 Å². The topological polar surface area (TPSA) is 46.3 Å². The van der Waals surface area contributed by atoms with Crippen molar-refractivity contribution < 1.29 is 14.4 Å². The minimum absolute atomic E-state index is 0.0371. The molecule has 1 amide bonds. The van der Waals surface area contributed by atoms with Crippen LogP contribution >= 0.6 is 22.7 Å². The Morgan fingerprint density at radius 1 is 1.25 bits per heavy atom. The van der Waals surface area contributed by atoms with Crippen molar-refractivity contribution in [1.82, 2.24) is 5.01 Å². The van der Waals surface area contributed by atoms with Crippen LogP contribution in [0.4, 0.5) is 0 Å². The maximum Gasteiger partial charge on any atom is 0.298 e. The van der Waals surface area contributed by atoms with Gasteiger partial charge in [-0.3, -0.25) is 4.79 Å². The molecule has 126 valence electrons. The van der Waals surface area contributed by atoms with Crippen LogP contribution in [0.3, 0.4) is 0 Å². The maximum atomic E-state index is 12.9. The molecule has 1 N–H and O–H groups in total. The second-order valence-corrected chi connectivity index (χ2v) is 7.96. The molecule has 2 aliphatic rings. The summed E-state index contributed by atoms with van der Waals surface area (Å²) in [4.78, 5) is 16.5. The van der Waals surface area contributed by atoms with Crippen LogP contribution in [0, 0.1) is 0 Å². The number of hydrazone groups is 1. The Labute approximate surface area is 149 Å². The smallest absolute Gasteiger partial charge is 0.298 e. The first-order valence-electron chi connectivity index (χ1n) is 8.19. The van der Waals surface area contributed by atoms with Gasteiger partial charge in [-0.1, -0.05) is 12.1 Å². The Hall–Kier alpha value is -1.54. The van der Waals surface area contributed by atoms with Gasteiger partial charge in [0.1, 0.15) is 13.1 Å². The third kappa shape index (κ3) is 3.30. The first kappa shape index (κ1) is 16.0. The summed E-state index contributed by atoms with van der Waals surface area (Å²) in [6.07, 6.45) is 0.797. The van der Waals surface area contributed by atoms with E-state index in [9.17, 15) is 4.79 Å². The van der Waals surface area contributed by atoms with E-state index in [1.165, 1.54) is 9.78 Å². The van der Waals surface area contributed by atoms with Crippen LogP contribution in [0.25, 0.3) is 0 Å². The van der Waals surface area contributed by atoms with Crippen molar-refractivity contribution >= 4 is 34.3 Å². The molecular formula is C17H20N3O2S2+. The fraction of sp³-hybridized carbons (Fsp3) is 0.412. The van der Waals surface area contributed by atoms with E-state index in [1.807, 2.05) is 12.1 Å². The zero-order valence-electron chi connectivity index (χ0n) is 13.3. The zero-order valence-corrected chi connectivity index (χ0v) is 14.9. The number of nitrogens with zero attached hydrogens (tertiary/aromatic N) is 2. The summed E-state index contributed by atoms with van der Waals surface area (Å²) in [5.74, 6) is 0.108. The Morgan fingerprint density at radius 3 is 2.75 bits per heavy atom. The molecule has 2 aliphatic heterocycles. The van der Waals surface area contributed by atoms with E-state index in [0.717, 1.165) is 43.3 Å². The summed E-state index contributed by atoms with van der Waals surface area (Å²) in [5, 5.41) is 10.6. The SMILES string of the molecule is O=C(C[NH+]1CCOCC1)N1N=C(c2cccs2)C[C@H]1c1cccs1. The normalized spacial score (nSPS) is 21.9. The van der Waals surface area contributed by atoms with Crippen molar-refractivity contribution in [3.05, 3.63) is 44.8 Å². The number of carbonyl (C=O) groups is 1. The Bertz CT molecular complexity index is 706. The third-order valence-corrected chi connectivity index (χ3v) is 6.34. The van der Waals surface area contributed by atoms with Crippen LogP contribution in [0.2, 0.25) is 0 Å². The molecule has 0 bridgehead atoms. The minimum Gasteiger partial charge on any atom is -0.370 e. The van der Waals surface area contributed by atoms with E-state index < -0.39 is 0 Å². The van der Waals surface area contributed by atoms with Gasteiger partial charge in [-0.25, -0.2) is 5.01 Å². The van der Waals surface area contributed by atoms with E-state index in [2.05, 4.69) is 22.9 Å².